The smallest absolute Gasteiger partial charge is 0.322 e. The number of hydrogen-bond acceptors (Lipinski definition) is 7. The Kier molecular flexibility index (Phi) is 6.33. The first kappa shape index (κ1) is 19.9. The molecule has 3 N–H and O–H groups in total. The minimum Gasteiger partial charge on any atom is -0.468 e. The third kappa shape index (κ3) is 5.11. The molecule has 1 heterocycles. The van der Waals surface area contributed by atoms with Crippen molar-refractivity contribution in [1.82, 2.24) is 5.32 Å². The highest BCUT2D eigenvalue weighted by Gasteiger charge is 2.31. The fourth-order valence-corrected chi connectivity index (χ4v) is 3.61. The molecule has 2 aromatic rings. The quantitative estimate of drug-likeness (QED) is 0.687. The molecule has 3 rings (SSSR count). The highest BCUT2D eigenvalue weighted by molar-refractivity contribution is 8.15. The molecule has 0 spiro atoms. The van der Waals surface area contributed by atoms with Gasteiger partial charge in [0.1, 0.15) is 17.5 Å². The predicted octanol–water partition coefficient (Wildman–Crippen LogP) is 2.42. The van der Waals surface area contributed by atoms with Gasteiger partial charge in [-0.25, -0.2) is 0 Å². The topological polar surface area (TPSA) is 108 Å². The second-order valence-corrected chi connectivity index (χ2v) is 7.49. The van der Waals surface area contributed by atoms with Gasteiger partial charge in [-0.05, 0) is 48.2 Å². The molecule has 2 amide bonds. The van der Waals surface area contributed by atoms with Crippen LogP contribution in [0.2, 0.25) is 0 Å². The average molecular weight is 400 g/mol. The first-order valence-corrected chi connectivity index (χ1v) is 9.53. The van der Waals surface area contributed by atoms with Crippen molar-refractivity contribution in [2.45, 2.75) is 24.1 Å². The van der Waals surface area contributed by atoms with E-state index in [4.69, 9.17) is 10.5 Å². The molecule has 0 aromatic heterocycles. The van der Waals surface area contributed by atoms with Crippen molar-refractivity contribution in [2.75, 3.05) is 7.11 Å². The van der Waals surface area contributed by atoms with Crippen molar-refractivity contribution >= 4 is 28.9 Å². The lowest BCUT2D eigenvalue weighted by atomic mass is 10.1. The van der Waals surface area contributed by atoms with Gasteiger partial charge < -0.3 is 15.2 Å². The van der Waals surface area contributed by atoms with E-state index in [-0.39, 0.29) is 16.4 Å². The minimum atomic E-state index is -0.695. The molecule has 1 aliphatic rings. The highest BCUT2D eigenvalue weighted by atomic mass is 32.2. The van der Waals surface area contributed by atoms with Crippen LogP contribution in [0.25, 0.3) is 0 Å². The molecule has 2 aromatic carbocycles. The van der Waals surface area contributed by atoms with Gasteiger partial charge in [-0.1, -0.05) is 36.0 Å². The Bertz CT molecular complexity index is 867. The van der Waals surface area contributed by atoms with E-state index in [1.54, 1.807) is 12.1 Å². The zero-order valence-electron chi connectivity index (χ0n) is 15.2. The molecule has 146 valence electrons. The van der Waals surface area contributed by atoms with Crippen LogP contribution in [0, 0.1) is 0 Å². The Morgan fingerprint density at radius 3 is 2.14 bits per heavy atom. The first-order valence-electron chi connectivity index (χ1n) is 8.65. The summed E-state index contributed by atoms with van der Waals surface area (Å²) < 4.78 is 10.4. The van der Waals surface area contributed by atoms with Gasteiger partial charge in [0.25, 0.3) is 5.24 Å². The lowest BCUT2D eigenvalue weighted by molar-refractivity contribution is -0.142. The van der Waals surface area contributed by atoms with E-state index in [0.717, 1.165) is 22.9 Å². The Morgan fingerprint density at radius 2 is 1.64 bits per heavy atom. The summed E-state index contributed by atoms with van der Waals surface area (Å²) in [5.74, 6) is 0.613. The fourth-order valence-electron chi connectivity index (χ4n) is 2.75. The molecule has 28 heavy (non-hydrogen) atoms. The van der Waals surface area contributed by atoms with Crippen molar-refractivity contribution in [3.8, 4) is 11.5 Å². The fraction of sp³-hybridized carbons (Fsp3) is 0.250. The zero-order valence-corrected chi connectivity index (χ0v) is 16.0. The number of rotatable bonds is 7. The van der Waals surface area contributed by atoms with Crippen molar-refractivity contribution < 1.29 is 23.9 Å². The van der Waals surface area contributed by atoms with E-state index >= 15 is 0 Å². The minimum absolute atomic E-state index is 0.248. The average Bonchev–Trinajstić information content (AvgIpc) is 3.01. The number of nitrogens with one attached hydrogen (secondary N) is 1. The molecule has 2 atom stereocenters. The van der Waals surface area contributed by atoms with Crippen LogP contribution >= 0.6 is 11.8 Å². The zero-order chi connectivity index (χ0) is 20.1. The largest absolute Gasteiger partial charge is 0.468 e. The number of esters is 1. The van der Waals surface area contributed by atoms with Crippen molar-refractivity contribution in [2.24, 2.45) is 5.73 Å². The summed E-state index contributed by atoms with van der Waals surface area (Å²) in [6.45, 7) is 0. The summed E-state index contributed by atoms with van der Waals surface area (Å²) in [5, 5.41) is 1.60. The number of carbonyl (C=O) groups excluding carboxylic acids is 3. The lowest BCUT2D eigenvalue weighted by Crippen LogP contribution is -2.33. The van der Waals surface area contributed by atoms with Crippen LogP contribution in [0.5, 0.6) is 11.5 Å². The SMILES string of the molecule is COC(=O)C(N)Cc1ccc(Oc2ccc(C[C@@H]3SC(=O)NC3=O)cc2)cc1. The van der Waals surface area contributed by atoms with Gasteiger partial charge >= 0.3 is 5.97 Å². The van der Waals surface area contributed by atoms with E-state index in [1.807, 2.05) is 36.4 Å². The van der Waals surface area contributed by atoms with Crippen LogP contribution in [0.3, 0.4) is 0 Å². The van der Waals surface area contributed by atoms with Crippen molar-refractivity contribution in [3.05, 3.63) is 59.7 Å². The van der Waals surface area contributed by atoms with Gasteiger partial charge in [-0.15, -0.1) is 0 Å². The molecule has 0 bridgehead atoms. The second-order valence-electron chi connectivity index (χ2n) is 6.31. The van der Waals surface area contributed by atoms with E-state index in [9.17, 15) is 14.4 Å². The maximum atomic E-state index is 11.6. The molecular weight excluding hydrogens is 380 g/mol. The van der Waals surface area contributed by atoms with Crippen LogP contribution in [0.15, 0.2) is 48.5 Å². The summed E-state index contributed by atoms with van der Waals surface area (Å²) in [6, 6.07) is 14.0. The number of ether oxygens (including phenoxy) is 2. The molecule has 1 unspecified atom stereocenters. The molecule has 1 fully saturated rings. The van der Waals surface area contributed by atoms with E-state index < -0.39 is 12.0 Å². The number of imide groups is 1. The van der Waals surface area contributed by atoms with E-state index in [0.29, 0.717) is 24.3 Å². The van der Waals surface area contributed by atoms with Gasteiger partial charge in [0.2, 0.25) is 5.91 Å². The normalized spacial score (nSPS) is 17.1. The molecule has 0 aliphatic carbocycles. The number of benzene rings is 2. The summed E-state index contributed by atoms with van der Waals surface area (Å²) in [4.78, 5) is 34.2. The summed E-state index contributed by atoms with van der Waals surface area (Å²) in [6.07, 6.45) is 0.870. The second kappa shape index (κ2) is 8.90. The number of methoxy groups -OCH3 is 1. The Labute approximate surface area is 166 Å². The molecule has 1 aliphatic heterocycles. The predicted molar refractivity (Wildman–Crippen MR) is 105 cm³/mol. The molecule has 1 saturated heterocycles. The molecule has 8 heteroatoms. The molecule has 0 saturated carbocycles. The van der Waals surface area contributed by atoms with Crippen LogP contribution in [0.4, 0.5) is 4.79 Å². The first-order chi connectivity index (χ1) is 13.4. The van der Waals surface area contributed by atoms with Gasteiger partial charge in [0.15, 0.2) is 0 Å². The van der Waals surface area contributed by atoms with Crippen LogP contribution in [0.1, 0.15) is 11.1 Å². The van der Waals surface area contributed by atoms with Crippen LogP contribution in [-0.4, -0.2) is 35.5 Å². The maximum absolute atomic E-state index is 11.6. The third-order valence-electron chi connectivity index (χ3n) is 4.23. The maximum Gasteiger partial charge on any atom is 0.322 e. The Hall–Kier alpha value is -2.84. The van der Waals surface area contributed by atoms with Crippen molar-refractivity contribution in [1.29, 1.82) is 0 Å². The number of nitrogens with two attached hydrogens (primary N) is 1. The lowest BCUT2D eigenvalue weighted by Gasteiger charge is -2.11. The van der Waals surface area contributed by atoms with Crippen LogP contribution in [-0.2, 0) is 27.2 Å². The van der Waals surface area contributed by atoms with Gasteiger partial charge in [0.05, 0.1) is 12.4 Å². The summed E-state index contributed by atoms with van der Waals surface area (Å²) in [5.41, 5.74) is 7.61. The highest BCUT2D eigenvalue weighted by Crippen LogP contribution is 2.26. The Balaban J connectivity index is 1.56. The number of hydrogen-bond donors (Lipinski definition) is 2. The standard InChI is InChI=1S/C20H20N2O5S/c1-26-19(24)16(21)10-12-2-6-14(7-3-12)27-15-8-4-13(5-9-15)11-17-18(23)22-20(25)28-17/h2-9,16-17H,10-11,21H2,1H3,(H,22,23,25)/t16?,17-/m0/s1. The van der Waals surface area contributed by atoms with Gasteiger partial charge in [0, 0.05) is 0 Å². The number of amides is 2. The third-order valence-corrected chi connectivity index (χ3v) is 5.21. The van der Waals surface area contributed by atoms with Gasteiger partial charge in [-0.3, -0.25) is 19.7 Å². The molecule has 0 radical (unpaired) electrons. The summed E-state index contributed by atoms with van der Waals surface area (Å²) >= 11 is 1.02. The van der Waals surface area contributed by atoms with E-state index in [2.05, 4.69) is 10.1 Å². The van der Waals surface area contributed by atoms with Gasteiger partial charge in [-0.2, -0.15) is 0 Å². The Morgan fingerprint density at radius 1 is 1.07 bits per heavy atom. The van der Waals surface area contributed by atoms with Crippen LogP contribution < -0.4 is 15.8 Å². The van der Waals surface area contributed by atoms with E-state index in [1.165, 1.54) is 7.11 Å². The van der Waals surface area contributed by atoms with Crippen molar-refractivity contribution in [3.63, 3.8) is 0 Å². The molecular formula is C20H20N2O5S. The molecule has 7 nitrogen and oxygen atoms in total. The number of thioether (sulfide) groups is 1. The summed E-state index contributed by atoms with van der Waals surface area (Å²) in [7, 11) is 1.31. The monoisotopic (exact) mass is 400 g/mol. The number of carbonyl (C=O) groups is 3.